The predicted octanol–water partition coefficient (Wildman–Crippen LogP) is 6.18. The number of hydrogen-bond acceptors (Lipinski definition) is 6. The normalized spacial score (nSPS) is 17.6. The van der Waals surface area contributed by atoms with E-state index in [-0.39, 0.29) is 17.8 Å². The zero-order chi connectivity index (χ0) is 30.1. The molecule has 2 fully saturated rings. The van der Waals surface area contributed by atoms with E-state index in [1.807, 2.05) is 24.0 Å². The van der Waals surface area contributed by atoms with Crippen molar-refractivity contribution in [3.63, 3.8) is 0 Å². The first kappa shape index (κ1) is 29.3. The summed E-state index contributed by atoms with van der Waals surface area (Å²) in [5.41, 5.74) is 7.06. The highest BCUT2D eigenvalue weighted by Crippen LogP contribution is 2.46. The maximum atomic E-state index is 13.7. The van der Waals surface area contributed by atoms with Crippen LogP contribution in [0.15, 0.2) is 42.5 Å². The quantitative estimate of drug-likeness (QED) is 0.280. The predicted molar refractivity (Wildman–Crippen MR) is 163 cm³/mol. The molecule has 0 spiro atoms. The lowest BCUT2D eigenvalue weighted by Crippen LogP contribution is -2.50. The minimum Gasteiger partial charge on any atom is -0.496 e. The van der Waals surface area contributed by atoms with Crippen LogP contribution in [-0.4, -0.2) is 66.6 Å². The number of rotatable bonds is 9. The number of nitrogens with zero attached hydrogens (tertiary/aromatic N) is 3. The third-order valence-corrected chi connectivity index (χ3v) is 9.17. The molecule has 2 aromatic carbocycles. The number of aryl methyl sites for hydroxylation is 1. The fourth-order valence-electron chi connectivity index (χ4n) is 6.71. The molecule has 43 heavy (non-hydrogen) atoms. The molecule has 0 bridgehead atoms. The number of piperidine rings is 1. The van der Waals surface area contributed by atoms with E-state index in [2.05, 4.69) is 17.0 Å². The fraction of sp³-hybridized carbons (Fsp3) is 0.457. The number of esters is 1. The maximum Gasteiger partial charge on any atom is 0.339 e. The molecule has 3 aromatic rings. The van der Waals surface area contributed by atoms with Crippen LogP contribution in [0, 0.1) is 5.82 Å². The first-order valence-corrected chi connectivity index (χ1v) is 15.5. The van der Waals surface area contributed by atoms with Crippen molar-refractivity contribution in [3.05, 3.63) is 81.9 Å². The van der Waals surface area contributed by atoms with Gasteiger partial charge >= 0.3 is 5.97 Å². The monoisotopic (exact) mass is 585 g/mol. The minimum atomic E-state index is -0.442. The Hall–Kier alpha value is -3.78. The van der Waals surface area contributed by atoms with Crippen LogP contribution in [0.25, 0.3) is 11.1 Å². The highest BCUT2D eigenvalue weighted by atomic mass is 19.1. The van der Waals surface area contributed by atoms with Gasteiger partial charge in [-0.3, -0.25) is 14.7 Å². The second-order valence-corrected chi connectivity index (χ2v) is 12.0. The first-order valence-electron chi connectivity index (χ1n) is 15.5. The van der Waals surface area contributed by atoms with Crippen molar-refractivity contribution in [1.29, 1.82) is 0 Å². The lowest BCUT2D eigenvalue weighted by atomic mass is 9.93. The molecule has 0 unspecified atom stereocenters. The molecule has 0 atom stereocenters. The maximum absolute atomic E-state index is 13.7. The molecule has 1 aromatic heterocycles. The number of aromatic nitrogens is 1. The largest absolute Gasteiger partial charge is 0.496 e. The number of halogens is 1. The molecule has 2 aliphatic heterocycles. The summed E-state index contributed by atoms with van der Waals surface area (Å²) in [6.45, 7) is 5.24. The lowest BCUT2D eigenvalue weighted by Gasteiger charge is -2.40. The van der Waals surface area contributed by atoms with Crippen LogP contribution >= 0.6 is 0 Å². The number of amides is 1. The lowest BCUT2D eigenvalue weighted by molar-refractivity contribution is 0.0542. The van der Waals surface area contributed by atoms with Gasteiger partial charge in [-0.2, -0.15) is 0 Å². The van der Waals surface area contributed by atoms with Gasteiger partial charge in [0.1, 0.15) is 11.6 Å². The van der Waals surface area contributed by atoms with Crippen molar-refractivity contribution in [2.75, 3.05) is 33.9 Å². The fourth-order valence-corrected chi connectivity index (χ4v) is 6.71. The Bertz CT molecular complexity index is 1510. The van der Waals surface area contributed by atoms with Crippen molar-refractivity contribution in [2.24, 2.45) is 0 Å². The smallest absolute Gasteiger partial charge is 0.339 e. The summed E-state index contributed by atoms with van der Waals surface area (Å²) in [5, 5.41) is 0. The number of benzene rings is 2. The van der Waals surface area contributed by atoms with Crippen LogP contribution in [0.1, 0.15) is 88.2 Å². The van der Waals surface area contributed by atoms with Crippen molar-refractivity contribution >= 4 is 11.9 Å². The number of methoxy groups -OCH3 is 2. The summed E-state index contributed by atoms with van der Waals surface area (Å²) in [5.74, 6) is 0.680. The highest BCUT2D eigenvalue weighted by Gasteiger charge is 2.35. The molecule has 3 heterocycles. The van der Waals surface area contributed by atoms with Crippen molar-refractivity contribution < 1.29 is 23.5 Å². The molecule has 0 radical (unpaired) electrons. The second-order valence-electron chi connectivity index (χ2n) is 12.0. The molecular formula is C35H40FN3O4. The van der Waals surface area contributed by atoms with Crippen LogP contribution in [0.3, 0.4) is 0 Å². The number of carbonyl (C=O) groups excluding carboxylic acids is 2. The molecule has 226 valence electrons. The molecule has 0 N–H and O–H groups in total. The molecule has 8 heteroatoms. The van der Waals surface area contributed by atoms with Crippen LogP contribution in [-0.2, 0) is 24.1 Å². The van der Waals surface area contributed by atoms with E-state index in [9.17, 15) is 14.0 Å². The van der Waals surface area contributed by atoms with Crippen LogP contribution in [0.4, 0.5) is 4.39 Å². The van der Waals surface area contributed by atoms with Crippen LogP contribution < -0.4 is 4.74 Å². The standard InChI is InChI=1S/C35H40FN3O4/c1-4-5-31-30(35(41)43-3)19-29-32(37-31)14-17-39(34(29)40)26-12-15-38(16-13-26)21-24-18-27(22-6-7-22)28(20-33(24)42-2)23-8-10-25(36)11-9-23/h8-11,18-20,22,26H,4-7,12-17,21H2,1-3H3. The summed E-state index contributed by atoms with van der Waals surface area (Å²) in [6, 6.07) is 13.0. The van der Waals surface area contributed by atoms with E-state index in [0.29, 0.717) is 42.1 Å². The van der Waals surface area contributed by atoms with Gasteiger partial charge in [0.15, 0.2) is 0 Å². The second kappa shape index (κ2) is 12.4. The Labute approximate surface area is 253 Å². The molecule has 1 amide bonds. The van der Waals surface area contributed by atoms with E-state index >= 15 is 0 Å². The van der Waals surface area contributed by atoms with Gasteiger partial charge in [0.2, 0.25) is 0 Å². The van der Waals surface area contributed by atoms with E-state index in [0.717, 1.165) is 61.5 Å². The third kappa shape index (κ3) is 6.03. The molecular weight excluding hydrogens is 545 g/mol. The van der Waals surface area contributed by atoms with E-state index < -0.39 is 5.97 Å². The first-order chi connectivity index (χ1) is 20.9. The zero-order valence-corrected chi connectivity index (χ0v) is 25.3. The average molecular weight is 586 g/mol. The molecule has 1 aliphatic carbocycles. The van der Waals surface area contributed by atoms with Gasteiger partial charge in [0, 0.05) is 44.2 Å². The summed E-state index contributed by atoms with van der Waals surface area (Å²) in [6.07, 6.45) is 6.36. The zero-order valence-electron chi connectivity index (χ0n) is 25.3. The molecule has 3 aliphatic rings. The van der Waals surface area contributed by atoms with Gasteiger partial charge in [-0.05, 0) is 85.0 Å². The molecule has 1 saturated heterocycles. The Morgan fingerprint density at radius 2 is 1.74 bits per heavy atom. The Balaban J connectivity index is 1.15. The van der Waals surface area contributed by atoms with Gasteiger partial charge in [0.05, 0.1) is 36.7 Å². The van der Waals surface area contributed by atoms with Crippen LogP contribution in [0.2, 0.25) is 0 Å². The van der Waals surface area contributed by atoms with Crippen molar-refractivity contribution in [1.82, 2.24) is 14.8 Å². The number of likely N-dealkylation sites (tertiary alicyclic amines) is 1. The highest BCUT2D eigenvalue weighted by molar-refractivity contribution is 6.00. The van der Waals surface area contributed by atoms with Gasteiger partial charge in [0.25, 0.3) is 5.91 Å². The Morgan fingerprint density at radius 3 is 2.40 bits per heavy atom. The Kier molecular flexibility index (Phi) is 8.48. The Morgan fingerprint density at radius 1 is 1.00 bits per heavy atom. The van der Waals surface area contributed by atoms with E-state index in [1.165, 1.54) is 43.2 Å². The van der Waals surface area contributed by atoms with E-state index in [1.54, 1.807) is 13.2 Å². The summed E-state index contributed by atoms with van der Waals surface area (Å²) in [7, 11) is 3.07. The average Bonchev–Trinajstić information content (AvgIpc) is 3.87. The number of hydrogen-bond donors (Lipinski definition) is 0. The minimum absolute atomic E-state index is 0.0347. The van der Waals surface area contributed by atoms with Gasteiger partial charge < -0.3 is 14.4 Å². The topological polar surface area (TPSA) is 72.0 Å². The van der Waals surface area contributed by atoms with Gasteiger partial charge in [-0.25, -0.2) is 9.18 Å². The third-order valence-electron chi connectivity index (χ3n) is 9.17. The number of pyridine rings is 1. The molecule has 7 nitrogen and oxygen atoms in total. The molecule has 1 saturated carbocycles. The number of carbonyl (C=O) groups is 2. The number of ether oxygens (including phenoxy) is 2. The number of fused-ring (bicyclic) bond motifs is 1. The summed E-state index contributed by atoms with van der Waals surface area (Å²) in [4.78, 5) is 35.3. The summed E-state index contributed by atoms with van der Waals surface area (Å²) >= 11 is 0. The van der Waals surface area contributed by atoms with Crippen molar-refractivity contribution in [3.8, 4) is 16.9 Å². The van der Waals surface area contributed by atoms with Crippen LogP contribution in [0.5, 0.6) is 5.75 Å². The van der Waals surface area contributed by atoms with E-state index in [4.69, 9.17) is 14.5 Å². The van der Waals surface area contributed by atoms with Crippen molar-refractivity contribution in [2.45, 2.75) is 70.4 Å². The molecule has 6 rings (SSSR count). The van der Waals surface area contributed by atoms with Gasteiger partial charge in [-0.1, -0.05) is 25.5 Å². The SMILES string of the molecule is CCCc1nc2c(cc1C(=O)OC)C(=O)N(C1CCN(Cc3cc(C4CC4)c(-c4ccc(F)cc4)cc3OC)CC1)CC2. The summed E-state index contributed by atoms with van der Waals surface area (Å²) < 4.78 is 24.5. The van der Waals surface area contributed by atoms with Gasteiger partial charge in [-0.15, -0.1) is 0 Å².